The molecular formula is C17H12N2S. The number of rotatable bonds is 2. The summed E-state index contributed by atoms with van der Waals surface area (Å²) in [4.78, 5) is 1.05. The first-order valence-electron chi connectivity index (χ1n) is 6.24. The van der Waals surface area contributed by atoms with Crippen molar-refractivity contribution in [2.75, 3.05) is 5.73 Å². The molecule has 0 radical (unpaired) electrons. The van der Waals surface area contributed by atoms with Crippen LogP contribution in [0, 0.1) is 11.3 Å². The fourth-order valence-electron chi connectivity index (χ4n) is 2.23. The smallest absolute Gasteiger partial charge is 0.105 e. The van der Waals surface area contributed by atoms with Crippen LogP contribution in [0.4, 0.5) is 5.00 Å². The van der Waals surface area contributed by atoms with Crippen molar-refractivity contribution in [3.05, 3.63) is 66.2 Å². The van der Waals surface area contributed by atoms with E-state index < -0.39 is 0 Å². The van der Waals surface area contributed by atoms with Crippen molar-refractivity contribution in [2.45, 2.75) is 0 Å². The van der Waals surface area contributed by atoms with Gasteiger partial charge in [0, 0.05) is 10.4 Å². The molecule has 20 heavy (non-hydrogen) atoms. The number of thiophene rings is 1. The maximum Gasteiger partial charge on any atom is 0.105 e. The Morgan fingerprint density at radius 2 is 1.40 bits per heavy atom. The Balaban J connectivity index is 2.30. The first-order valence-corrected chi connectivity index (χ1v) is 7.06. The average Bonchev–Trinajstić information content (AvgIpc) is 2.85. The van der Waals surface area contributed by atoms with E-state index in [4.69, 9.17) is 5.73 Å². The molecule has 0 saturated carbocycles. The number of nitriles is 1. The summed E-state index contributed by atoms with van der Waals surface area (Å²) >= 11 is 1.47. The topological polar surface area (TPSA) is 49.8 Å². The zero-order valence-corrected chi connectivity index (χ0v) is 11.5. The molecule has 96 valence electrons. The maximum absolute atomic E-state index is 9.40. The van der Waals surface area contributed by atoms with Gasteiger partial charge in [-0.05, 0) is 11.1 Å². The van der Waals surface area contributed by atoms with E-state index >= 15 is 0 Å². The highest BCUT2D eigenvalue weighted by Gasteiger charge is 2.18. The molecule has 0 aliphatic carbocycles. The first kappa shape index (κ1) is 12.5. The molecule has 0 unspecified atom stereocenters. The minimum absolute atomic E-state index is 0.569. The standard InChI is InChI=1S/C17H12N2S/c18-11-14-15(12-7-3-1-4-8-12)16(20-17(14)19)13-9-5-2-6-10-13/h1-10H,19H2. The molecule has 2 aromatic carbocycles. The molecule has 0 spiro atoms. The number of hydrogen-bond acceptors (Lipinski definition) is 3. The van der Waals surface area contributed by atoms with Gasteiger partial charge in [-0.3, -0.25) is 0 Å². The van der Waals surface area contributed by atoms with Crippen LogP contribution in [0.3, 0.4) is 0 Å². The SMILES string of the molecule is N#Cc1c(N)sc(-c2ccccc2)c1-c1ccccc1. The van der Waals surface area contributed by atoms with E-state index in [9.17, 15) is 5.26 Å². The van der Waals surface area contributed by atoms with E-state index in [-0.39, 0.29) is 0 Å². The van der Waals surface area contributed by atoms with Crippen molar-refractivity contribution in [3.63, 3.8) is 0 Å². The Kier molecular flexibility index (Phi) is 3.24. The fourth-order valence-corrected chi connectivity index (χ4v) is 3.28. The Morgan fingerprint density at radius 3 is 1.95 bits per heavy atom. The quantitative estimate of drug-likeness (QED) is 0.747. The molecule has 0 fully saturated rings. The molecule has 0 atom stereocenters. The van der Waals surface area contributed by atoms with Gasteiger partial charge in [-0.2, -0.15) is 5.26 Å². The highest BCUT2D eigenvalue weighted by molar-refractivity contribution is 7.20. The van der Waals surface area contributed by atoms with E-state index in [1.165, 1.54) is 11.3 Å². The van der Waals surface area contributed by atoms with Crippen molar-refractivity contribution in [1.29, 1.82) is 5.26 Å². The third-order valence-electron chi connectivity index (χ3n) is 3.15. The molecule has 2 nitrogen and oxygen atoms in total. The predicted molar refractivity (Wildman–Crippen MR) is 84.3 cm³/mol. The largest absolute Gasteiger partial charge is 0.389 e. The monoisotopic (exact) mass is 276 g/mol. The van der Waals surface area contributed by atoms with Gasteiger partial charge in [0.2, 0.25) is 0 Å². The van der Waals surface area contributed by atoms with Crippen molar-refractivity contribution >= 4 is 16.3 Å². The van der Waals surface area contributed by atoms with E-state index in [1.54, 1.807) is 0 Å². The molecule has 0 aliphatic heterocycles. The van der Waals surface area contributed by atoms with Crippen molar-refractivity contribution < 1.29 is 0 Å². The zero-order chi connectivity index (χ0) is 13.9. The molecule has 3 heteroatoms. The minimum atomic E-state index is 0.569. The highest BCUT2D eigenvalue weighted by Crippen LogP contribution is 2.44. The van der Waals surface area contributed by atoms with Gasteiger partial charge in [0.1, 0.15) is 11.1 Å². The predicted octanol–water partition coefficient (Wildman–Crippen LogP) is 4.54. The van der Waals surface area contributed by atoms with Gasteiger partial charge in [0.05, 0.1) is 5.56 Å². The summed E-state index contributed by atoms with van der Waals surface area (Å²) in [7, 11) is 0. The molecule has 0 aliphatic rings. The lowest BCUT2D eigenvalue weighted by molar-refractivity contribution is 1.50. The van der Waals surface area contributed by atoms with Crippen molar-refractivity contribution in [3.8, 4) is 27.6 Å². The van der Waals surface area contributed by atoms with Crippen LogP contribution in [0.2, 0.25) is 0 Å². The number of benzene rings is 2. The number of nitrogens with zero attached hydrogens (tertiary/aromatic N) is 1. The summed E-state index contributed by atoms with van der Waals surface area (Å²) in [5.74, 6) is 0. The fraction of sp³-hybridized carbons (Fsp3) is 0. The second-order valence-electron chi connectivity index (χ2n) is 4.39. The van der Waals surface area contributed by atoms with Crippen LogP contribution >= 0.6 is 11.3 Å². The van der Waals surface area contributed by atoms with Gasteiger partial charge in [-0.25, -0.2) is 0 Å². The number of anilines is 1. The number of nitrogen functional groups attached to an aromatic ring is 1. The van der Waals surface area contributed by atoms with E-state index in [0.717, 1.165) is 21.6 Å². The average molecular weight is 276 g/mol. The van der Waals surface area contributed by atoms with Crippen LogP contribution < -0.4 is 5.73 Å². The summed E-state index contributed by atoms with van der Waals surface area (Å²) < 4.78 is 0. The van der Waals surface area contributed by atoms with Crippen LogP contribution in [-0.4, -0.2) is 0 Å². The summed E-state index contributed by atoms with van der Waals surface area (Å²) in [6.45, 7) is 0. The van der Waals surface area contributed by atoms with Gasteiger partial charge in [-0.15, -0.1) is 11.3 Å². The molecule has 3 aromatic rings. The first-order chi connectivity index (χ1) is 9.81. The molecule has 0 bridgehead atoms. The summed E-state index contributed by atoms with van der Waals surface area (Å²) in [5, 5.41) is 9.97. The Hall–Kier alpha value is -2.57. The molecular weight excluding hydrogens is 264 g/mol. The molecule has 3 rings (SSSR count). The van der Waals surface area contributed by atoms with Crippen LogP contribution in [-0.2, 0) is 0 Å². The lowest BCUT2D eigenvalue weighted by Crippen LogP contribution is -1.86. The van der Waals surface area contributed by atoms with Crippen LogP contribution in [0.5, 0.6) is 0 Å². The van der Waals surface area contributed by atoms with Gasteiger partial charge in [0.15, 0.2) is 0 Å². The van der Waals surface area contributed by atoms with Crippen LogP contribution in [0.1, 0.15) is 5.56 Å². The zero-order valence-electron chi connectivity index (χ0n) is 10.7. The van der Waals surface area contributed by atoms with Crippen LogP contribution in [0.15, 0.2) is 60.7 Å². The second-order valence-corrected chi connectivity index (χ2v) is 5.44. The third kappa shape index (κ3) is 2.07. The second kappa shape index (κ2) is 5.20. The molecule has 1 heterocycles. The van der Waals surface area contributed by atoms with Gasteiger partial charge < -0.3 is 5.73 Å². The minimum Gasteiger partial charge on any atom is -0.389 e. The molecule has 1 aromatic heterocycles. The van der Waals surface area contributed by atoms with Crippen molar-refractivity contribution in [1.82, 2.24) is 0 Å². The molecule has 2 N–H and O–H groups in total. The van der Waals surface area contributed by atoms with Crippen LogP contribution in [0.25, 0.3) is 21.6 Å². The third-order valence-corrected chi connectivity index (χ3v) is 4.21. The number of nitrogens with two attached hydrogens (primary N) is 1. The van der Waals surface area contributed by atoms with E-state index in [1.807, 2.05) is 60.7 Å². The summed E-state index contributed by atoms with van der Waals surface area (Å²) in [6.07, 6.45) is 0. The Bertz CT molecular complexity index is 768. The maximum atomic E-state index is 9.40. The molecule has 0 amide bonds. The lowest BCUT2D eigenvalue weighted by atomic mass is 9.99. The lowest BCUT2D eigenvalue weighted by Gasteiger charge is -2.05. The van der Waals surface area contributed by atoms with E-state index in [0.29, 0.717) is 10.6 Å². The van der Waals surface area contributed by atoms with Gasteiger partial charge in [-0.1, -0.05) is 60.7 Å². The Morgan fingerprint density at radius 1 is 0.850 bits per heavy atom. The van der Waals surface area contributed by atoms with Gasteiger partial charge >= 0.3 is 0 Å². The van der Waals surface area contributed by atoms with Gasteiger partial charge in [0.25, 0.3) is 0 Å². The molecule has 0 saturated heterocycles. The highest BCUT2D eigenvalue weighted by atomic mass is 32.1. The summed E-state index contributed by atoms with van der Waals surface area (Å²) in [5.41, 5.74) is 9.64. The van der Waals surface area contributed by atoms with Crippen molar-refractivity contribution in [2.24, 2.45) is 0 Å². The Labute approximate surface area is 121 Å². The number of hydrogen-bond donors (Lipinski definition) is 1. The summed E-state index contributed by atoms with van der Waals surface area (Å²) in [6, 6.07) is 22.2. The van der Waals surface area contributed by atoms with E-state index in [2.05, 4.69) is 6.07 Å². The normalized spacial score (nSPS) is 10.2.